The zero-order chi connectivity index (χ0) is 56.8. The molecule has 3 aliphatic heterocycles. The minimum Gasteiger partial charge on any atom is -0.415 e. The number of nitrogens with zero attached hydrogens (tertiary/aromatic N) is 21. The second-order valence-corrected chi connectivity index (χ2v) is 18.9. The van der Waals surface area contributed by atoms with Crippen molar-refractivity contribution in [3.05, 3.63) is 107 Å². The molecule has 39 heteroatoms. The molecule has 0 bridgehead atoms. The molecule has 3 fully saturated rings. The summed E-state index contributed by atoms with van der Waals surface area (Å²) in [6, 6.07) is 0. The molecule has 0 aliphatic carbocycles. The van der Waals surface area contributed by atoms with Crippen LogP contribution in [0, 0.1) is 31.0 Å². The fourth-order valence-electron chi connectivity index (χ4n) is 8.31. The second kappa shape index (κ2) is 37.5. The van der Waals surface area contributed by atoms with E-state index in [2.05, 4.69) is 151 Å². The van der Waals surface area contributed by atoms with Crippen molar-refractivity contribution in [1.29, 1.82) is 0 Å². The molecule has 0 amide bonds. The summed E-state index contributed by atoms with van der Waals surface area (Å²) in [6.07, 6.45) is 33.6. The van der Waals surface area contributed by atoms with Crippen LogP contribution in [0.1, 0.15) is 83.9 Å². The number of rotatable bonds is 3. The molecule has 0 spiro atoms. The molecule has 30 nitrogen and oxygen atoms in total. The Labute approximate surface area is 592 Å². The van der Waals surface area contributed by atoms with Crippen molar-refractivity contribution >= 4 is 113 Å². The van der Waals surface area contributed by atoms with E-state index in [9.17, 15) is 0 Å². The molecule has 12 aromatic rings. The number of hydrogen-bond acceptors (Lipinski definition) is 21. The molecule has 3 unspecified atom stereocenters. The third kappa shape index (κ3) is 19.6. The van der Waals surface area contributed by atoms with Crippen LogP contribution in [0.15, 0.2) is 52.9 Å². The first-order valence-electron chi connectivity index (χ1n) is 25.3. The van der Waals surface area contributed by atoms with Crippen molar-refractivity contribution in [2.75, 3.05) is 41.0 Å². The van der Waals surface area contributed by atoms with Gasteiger partial charge in [0.1, 0.15) is 51.6 Å². The first-order valence-corrected chi connectivity index (χ1v) is 26.8. The maximum Gasteiger partial charge on any atom is 0.225 e. The molecule has 0 aromatic carbocycles. The molecule has 15 rings (SSSR count). The Morgan fingerprint density at radius 2 is 0.886 bits per heavy atom. The first kappa shape index (κ1) is 75.6. The molecular weight excluding hydrogens is 2080 g/mol. The maximum atomic E-state index is 5.75. The summed E-state index contributed by atoms with van der Waals surface area (Å²) >= 11 is 22.7. The fraction of sp³-hybridized carbons (Fsp3) is 0.388. The quantitative estimate of drug-likeness (QED) is 0.0645. The number of aromatic nitrogens is 24. The van der Waals surface area contributed by atoms with Crippen LogP contribution in [0.4, 0.5) is 0 Å². The topological polar surface area (TPSA) is 368 Å². The van der Waals surface area contributed by atoms with Crippen molar-refractivity contribution in [1.82, 2.24) is 118 Å². The van der Waals surface area contributed by atoms with Crippen molar-refractivity contribution in [2.45, 2.75) is 83.9 Å². The molecule has 3 saturated heterocycles. The van der Waals surface area contributed by atoms with Gasteiger partial charge in [0.15, 0.2) is 10.8 Å². The van der Waals surface area contributed by atoms with Crippen LogP contribution in [-0.4, -0.2) is 159 Å². The summed E-state index contributed by atoms with van der Waals surface area (Å²) in [5.74, 6) is 0. The second-order valence-electron chi connectivity index (χ2n) is 17.5. The molecule has 15 heterocycles. The minimum atomic E-state index is 0. The van der Waals surface area contributed by atoms with Gasteiger partial charge in [0, 0.05) is 180 Å². The number of H-pyrrole nitrogens is 6. The van der Waals surface area contributed by atoms with E-state index in [1.807, 2.05) is 13.7 Å². The van der Waals surface area contributed by atoms with E-state index in [-0.39, 0.29) is 152 Å². The van der Waals surface area contributed by atoms with Gasteiger partial charge in [-0.1, -0.05) is 19.0 Å². The summed E-state index contributed by atoms with van der Waals surface area (Å²) < 4.78 is 22.9. The largest absolute Gasteiger partial charge is 0.415 e. The normalized spacial score (nSPS) is 16.6. The van der Waals surface area contributed by atoms with Crippen molar-refractivity contribution in [2.24, 2.45) is 15.0 Å². The van der Waals surface area contributed by atoms with Crippen LogP contribution in [0.2, 0.25) is 21.0 Å². The number of ether oxygens (including phenoxy) is 3. The average Bonchev–Trinajstić information content (AvgIpc) is 4.46. The fourth-order valence-corrected chi connectivity index (χ4v) is 8.98. The summed E-state index contributed by atoms with van der Waals surface area (Å²) in [4.78, 5) is 88.8. The average molecular weight is 2130 g/mol. The number of halogens is 4. The van der Waals surface area contributed by atoms with E-state index in [0.29, 0.717) is 55.9 Å². The predicted octanol–water partition coefficient (Wildman–Crippen LogP) is 6.26. The summed E-state index contributed by atoms with van der Waals surface area (Å²) in [6.45, 7) is 2.38. The molecule has 88 heavy (non-hydrogen) atoms. The van der Waals surface area contributed by atoms with Crippen LogP contribution in [-0.2, 0) is 120 Å². The van der Waals surface area contributed by atoms with E-state index >= 15 is 0 Å². The smallest absolute Gasteiger partial charge is 0.225 e. The van der Waals surface area contributed by atoms with Gasteiger partial charge in [0.05, 0.1) is 49.3 Å². The Morgan fingerprint density at radius 1 is 0.466 bits per heavy atom. The minimum absolute atomic E-state index is 0. The van der Waals surface area contributed by atoms with Gasteiger partial charge in [0.2, 0.25) is 5.28 Å². The first-order chi connectivity index (χ1) is 40.1. The third-order valence-corrected chi connectivity index (χ3v) is 13.0. The zero-order valence-electron chi connectivity index (χ0n) is 45.9. The van der Waals surface area contributed by atoms with E-state index in [0.717, 1.165) is 99.2 Å². The molecule has 0 saturated carbocycles. The summed E-state index contributed by atoms with van der Waals surface area (Å²) in [7, 11) is 5.01. The number of nitrogens with one attached hydrogen (secondary N) is 6. The maximum absolute atomic E-state index is 5.75. The van der Waals surface area contributed by atoms with E-state index in [1.165, 1.54) is 12.7 Å². The number of fused-ring (bicyclic) bond motifs is 6. The van der Waals surface area contributed by atoms with Crippen molar-refractivity contribution < 1.29 is 120 Å². The molecule has 3 aliphatic rings. The van der Waals surface area contributed by atoms with Crippen LogP contribution in [0.3, 0.4) is 0 Å². The molecule has 6 N–H and O–H groups in total. The molecular formula is C49H52Cl4N27O3W5-5. The zero-order valence-corrected chi connectivity index (χ0v) is 63.5. The molecule has 12 aromatic heterocycles. The van der Waals surface area contributed by atoms with Crippen molar-refractivity contribution in [3.8, 4) is 0 Å². The Balaban J connectivity index is 0.000000225. The standard InChI is InChI=1S/C11H14N5O.2C10H10ClN4O.2C6H6N5.C5H2Cl2N4.CH4.5W/c1-12-11-13-6-8-10(15-11)16(7-14-8)9-4-2-3-5-17-9;2*11-10-12-5-7-9(14-10)15(6-13-7)8-3-1-2-4-16-8;2*1-7-6-8-2-4-5(11-6)10-3-9-4;6-3-2-4(9-1-8-2)11-5(7)10-3;;;;;;/h7,9H,2-5H2,1H3,(H,12,13,15);2*6,8H,1-4H2;2*3H,1H3,(H2,7,8,9,10,11);1H,(H,8,9,10,11);1H4;;;;;/q5*-1;;;;;;;. The number of hydrogen-bond donors (Lipinski definition) is 6. The van der Waals surface area contributed by atoms with E-state index in [1.54, 1.807) is 52.8 Å². The third-order valence-electron chi connectivity index (χ3n) is 12.3. The van der Waals surface area contributed by atoms with Crippen LogP contribution in [0.5, 0.6) is 0 Å². The van der Waals surface area contributed by atoms with Gasteiger partial charge in [-0.05, 0) is 111 Å². The van der Waals surface area contributed by atoms with Gasteiger partial charge in [0.25, 0.3) is 0 Å². The SMILES string of the molecule is C.CN=c1n[c-]c2[nH]cnc2[nH]1.CN=c1n[c-]c2[nH]cnc2[nH]1.CN=c1n[c-]c2ncn(C3CCCCO3)c2[nH]1.Clc1n[c-]c2ncn(C3CCCCO3)c2n1.Clc1n[c-]c2ncn(C3CCCCO3)c2n1.Clc1nc(Cl)c2[nH]cnc2n1.[W].[W].[W].[W].[W]. The van der Waals surface area contributed by atoms with Crippen LogP contribution < -0.4 is 16.9 Å². The predicted molar refractivity (Wildman–Crippen MR) is 303 cm³/mol. The molecule has 0 radical (unpaired) electrons. The van der Waals surface area contributed by atoms with Crippen LogP contribution >= 0.6 is 46.4 Å². The van der Waals surface area contributed by atoms with Gasteiger partial charge < -0.3 is 108 Å². The van der Waals surface area contributed by atoms with Gasteiger partial charge in [-0.3, -0.25) is 24.9 Å². The number of imidazole rings is 6. The van der Waals surface area contributed by atoms with Crippen LogP contribution in [0.25, 0.3) is 67.0 Å². The number of aromatic amines is 6. The van der Waals surface area contributed by atoms with E-state index < -0.39 is 0 Å². The summed E-state index contributed by atoms with van der Waals surface area (Å²) in [5.41, 5.74) is 9.88. The summed E-state index contributed by atoms with van der Waals surface area (Å²) in [5, 5.41) is 0.766. The Bertz CT molecular complexity index is 4090. The molecule has 464 valence electrons. The van der Waals surface area contributed by atoms with Gasteiger partial charge in [-0.15, -0.1) is 23.2 Å². The van der Waals surface area contributed by atoms with Gasteiger partial charge in [-0.25, -0.2) is 9.97 Å². The van der Waals surface area contributed by atoms with Gasteiger partial charge in [-0.2, -0.15) is 4.98 Å². The molecule has 3 atom stereocenters. The van der Waals surface area contributed by atoms with Crippen molar-refractivity contribution in [3.63, 3.8) is 0 Å². The monoisotopic (exact) mass is 2130 g/mol. The Hall–Kier alpha value is -4.82. The van der Waals surface area contributed by atoms with E-state index in [4.69, 9.17) is 60.6 Å². The Morgan fingerprint density at radius 3 is 1.35 bits per heavy atom. The Kier molecular flexibility index (Phi) is 32.2. The van der Waals surface area contributed by atoms with Gasteiger partial charge >= 0.3 is 0 Å².